The lowest BCUT2D eigenvalue weighted by Crippen LogP contribution is -2.15. The molecule has 0 aromatic heterocycles. The van der Waals surface area contributed by atoms with Crippen molar-refractivity contribution in [2.24, 2.45) is 10.7 Å². The van der Waals surface area contributed by atoms with Gasteiger partial charge in [0.2, 0.25) is 0 Å². The molecule has 0 saturated carbocycles. The number of hydrogen-bond donors (Lipinski definition) is 1. The summed E-state index contributed by atoms with van der Waals surface area (Å²) in [5, 5.41) is 0. The number of nitrogens with two attached hydrogens (primary N) is 1. The van der Waals surface area contributed by atoms with Crippen molar-refractivity contribution in [1.82, 2.24) is 0 Å². The highest BCUT2D eigenvalue weighted by molar-refractivity contribution is 6.28. The molecule has 110 valence electrons. The van der Waals surface area contributed by atoms with Gasteiger partial charge in [-0.2, -0.15) is 0 Å². The van der Waals surface area contributed by atoms with Gasteiger partial charge in [0.05, 0.1) is 18.2 Å². The number of rotatable bonds is 6. The van der Waals surface area contributed by atoms with Crippen LogP contribution in [0.3, 0.4) is 0 Å². The summed E-state index contributed by atoms with van der Waals surface area (Å²) in [7, 11) is 0. The fourth-order valence-electron chi connectivity index (χ4n) is 1.75. The van der Waals surface area contributed by atoms with Crippen molar-refractivity contribution in [1.29, 1.82) is 0 Å². The highest BCUT2D eigenvalue weighted by Crippen LogP contribution is 2.28. The van der Waals surface area contributed by atoms with E-state index in [-0.39, 0.29) is 18.5 Å². The third-order valence-electron chi connectivity index (χ3n) is 2.49. The second-order valence-corrected chi connectivity index (χ2v) is 4.51. The predicted molar refractivity (Wildman–Crippen MR) is 80.0 cm³/mol. The molecule has 0 fully saturated rings. The van der Waals surface area contributed by atoms with E-state index in [0.717, 1.165) is 11.1 Å². The van der Waals surface area contributed by atoms with Crippen molar-refractivity contribution in [2.75, 3.05) is 19.1 Å². The number of halogens is 1. The molecule has 1 aromatic carbocycles. The smallest absolute Gasteiger partial charge is 0.344 e. The highest BCUT2D eigenvalue weighted by Gasteiger charge is 2.09. The number of nitrogens with zero attached hydrogens (tertiary/aromatic N) is 1. The Balaban J connectivity index is 2.87. The Hall–Kier alpha value is -1.75. The molecule has 0 radical (unpaired) electrons. The third-order valence-corrected chi connectivity index (χ3v) is 2.77. The van der Waals surface area contributed by atoms with Crippen LogP contribution in [-0.4, -0.2) is 30.9 Å². The van der Waals surface area contributed by atoms with Crippen LogP contribution in [0.2, 0.25) is 0 Å². The number of amidine groups is 1. The van der Waals surface area contributed by atoms with Crippen LogP contribution in [0.1, 0.15) is 18.1 Å². The number of carbonyl (C=O) groups excluding carboxylic acids is 1. The summed E-state index contributed by atoms with van der Waals surface area (Å²) in [6, 6.07) is 3.65. The zero-order valence-electron chi connectivity index (χ0n) is 11.9. The van der Waals surface area contributed by atoms with Crippen molar-refractivity contribution in [2.45, 2.75) is 20.8 Å². The largest absolute Gasteiger partial charge is 0.481 e. The summed E-state index contributed by atoms with van der Waals surface area (Å²) in [4.78, 5) is 15.5. The molecule has 0 spiro atoms. The monoisotopic (exact) mass is 298 g/mol. The molecule has 1 rings (SSSR count). The lowest BCUT2D eigenvalue weighted by atomic mass is 10.1. The van der Waals surface area contributed by atoms with Gasteiger partial charge < -0.3 is 15.2 Å². The Morgan fingerprint density at radius 2 is 1.95 bits per heavy atom. The molecule has 0 atom stereocenters. The maximum atomic E-state index is 11.3. The van der Waals surface area contributed by atoms with Crippen LogP contribution in [-0.2, 0) is 9.53 Å². The first-order valence-electron chi connectivity index (χ1n) is 6.26. The zero-order valence-corrected chi connectivity index (χ0v) is 12.7. The molecule has 0 heterocycles. The van der Waals surface area contributed by atoms with Crippen molar-refractivity contribution < 1.29 is 14.3 Å². The molecule has 6 heteroatoms. The van der Waals surface area contributed by atoms with E-state index in [1.807, 2.05) is 26.0 Å². The molecule has 0 saturated heterocycles. The quantitative estimate of drug-likeness (QED) is 0.379. The maximum absolute atomic E-state index is 11.3. The number of carbonyl (C=O) groups is 1. The molecule has 20 heavy (non-hydrogen) atoms. The zero-order chi connectivity index (χ0) is 15.1. The van der Waals surface area contributed by atoms with E-state index in [2.05, 4.69) is 4.99 Å². The van der Waals surface area contributed by atoms with E-state index in [1.54, 1.807) is 6.92 Å². The molecule has 0 aliphatic rings. The van der Waals surface area contributed by atoms with Gasteiger partial charge in [-0.1, -0.05) is 0 Å². The lowest BCUT2D eigenvalue weighted by Gasteiger charge is -2.12. The van der Waals surface area contributed by atoms with Crippen LogP contribution in [0.5, 0.6) is 5.75 Å². The Bertz CT molecular complexity index is 492. The molecule has 1 aromatic rings. The first-order valence-corrected chi connectivity index (χ1v) is 6.80. The van der Waals surface area contributed by atoms with E-state index >= 15 is 0 Å². The predicted octanol–water partition coefficient (Wildman–Crippen LogP) is 2.47. The minimum Gasteiger partial charge on any atom is -0.481 e. The Morgan fingerprint density at radius 1 is 1.35 bits per heavy atom. The van der Waals surface area contributed by atoms with Crippen molar-refractivity contribution in [3.8, 4) is 5.75 Å². The SMILES string of the molecule is CCOC(=O)COc1c(C)cc(N=C(N)CCl)cc1C. The summed E-state index contributed by atoms with van der Waals surface area (Å²) >= 11 is 5.60. The topological polar surface area (TPSA) is 73.9 Å². The van der Waals surface area contributed by atoms with Crippen LogP contribution >= 0.6 is 11.6 Å². The summed E-state index contributed by atoms with van der Waals surface area (Å²) in [5.74, 6) is 0.797. The molecular formula is C14H19ClN2O3. The summed E-state index contributed by atoms with van der Waals surface area (Å²) in [5.41, 5.74) is 8.05. The van der Waals surface area contributed by atoms with Gasteiger partial charge in [0.15, 0.2) is 6.61 Å². The molecule has 0 amide bonds. The Kier molecular flexibility index (Phi) is 6.31. The van der Waals surface area contributed by atoms with Gasteiger partial charge >= 0.3 is 5.97 Å². The van der Waals surface area contributed by atoms with Gasteiger partial charge in [0.25, 0.3) is 0 Å². The number of aryl methyl sites for hydroxylation is 2. The minimum atomic E-state index is -0.389. The van der Waals surface area contributed by atoms with Crippen molar-refractivity contribution in [3.63, 3.8) is 0 Å². The van der Waals surface area contributed by atoms with Gasteiger partial charge in [0, 0.05) is 0 Å². The fraction of sp³-hybridized carbons (Fsp3) is 0.429. The van der Waals surface area contributed by atoms with Crippen LogP contribution < -0.4 is 10.5 Å². The second-order valence-electron chi connectivity index (χ2n) is 4.24. The number of hydrogen-bond acceptors (Lipinski definition) is 4. The van der Waals surface area contributed by atoms with Gasteiger partial charge in [-0.3, -0.25) is 0 Å². The highest BCUT2D eigenvalue weighted by atomic mass is 35.5. The van der Waals surface area contributed by atoms with Crippen LogP contribution in [0.15, 0.2) is 17.1 Å². The summed E-state index contributed by atoms with van der Waals surface area (Å²) < 4.78 is 10.3. The first-order chi connectivity index (χ1) is 9.47. The van der Waals surface area contributed by atoms with E-state index in [1.165, 1.54) is 0 Å². The third kappa shape index (κ3) is 4.74. The van der Waals surface area contributed by atoms with Crippen LogP contribution in [0.4, 0.5) is 5.69 Å². The molecule has 0 bridgehead atoms. The van der Waals surface area contributed by atoms with E-state index < -0.39 is 0 Å². The average molecular weight is 299 g/mol. The number of alkyl halides is 1. The molecule has 0 aliphatic carbocycles. The number of aliphatic imine (C=N–C) groups is 1. The Labute approximate surface area is 123 Å². The summed E-state index contributed by atoms with van der Waals surface area (Å²) in [6.07, 6.45) is 0. The molecule has 5 nitrogen and oxygen atoms in total. The minimum absolute atomic E-state index is 0.109. The average Bonchev–Trinajstić information content (AvgIpc) is 2.37. The lowest BCUT2D eigenvalue weighted by molar-refractivity contribution is -0.145. The van der Waals surface area contributed by atoms with Crippen LogP contribution in [0, 0.1) is 13.8 Å². The summed E-state index contributed by atoms with van der Waals surface area (Å²) in [6.45, 7) is 5.74. The molecule has 0 unspecified atom stereocenters. The van der Waals surface area contributed by atoms with Gasteiger partial charge in [-0.15, -0.1) is 11.6 Å². The Morgan fingerprint density at radius 3 is 2.45 bits per heavy atom. The van der Waals surface area contributed by atoms with Gasteiger partial charge in [0.1, 0.15) is 11.6 Å². The molecular weight excluding hydrogens is 280 g/mol. The first kappa shape index (κ1) is 16.3. The number of benzene rings is 1. The number of ether oxygens (including phenoxy) is 2. The maximum Gasteiger partial charge on any atom is 0.344 e. The van der Waals surface area contributed by atoms with Gasteiger partial charge in [-0.25, -0.2) is 9.79 Å². The van der Waals surface area contributed by atoms with Crippen LogP contribution in [0.25, 0.3) is 0 Å². The standard InChI is InChI=1S/C14H19ClN2O3/c1-4-19-13(18)8-20-14-9(2)5-11(6-10(14)3)17-12(16)7-15/h5-6H,4,7-8H2,1-3H3,(H2,16,17). The normalized spacial score (nSPS) is 11.3. The van der Waals surface area contributed by atoms with E-state index in [9.17, 15) is 4.79 Å². The number of esters is 1. The van der Waals surface area contributed by atoms with Crippen molar-refractivity contribution in [3.05, 3.63) is 23.3 Å². The van der Waals surface area contributed by atoms with Crippen molar-refractivity contribution >= 4 is 29.1 Å². The van der Waals surface area contributed by atoms with E-state index in [0.29, 0.717) is 23.9 Å². The fourth-order valence-corrected chi connectivity index (χ4v) is 1.81. The van der Waals surface area contributed by atoms with E-state index in [4.69, 9.17) is 26.8 Å². The van der Waals surface area contributed by atoms with Gasteiger partial charge in [-0.05, 0) is 44.0 Å². The molecule has 0 aliphatic heterocycles. The second kappa shape index (κ2) is 7.75. The molecule has 2 N–H and O–H groups in total.